The number of halogens is 1. The summed E-state index contributed by atoms with van der Waals surface area (Å²) in [5.74, 6) is 0.813. The smallest absolute Gasteiger partial charge is 0.168 e. The molecule has 0 aliphatic carbocycles. The molecule has 92 valence electrons. The number of ether oxygens (including phenoxy) is 1. The molecule has 0 radical (unpaired) electrons. The zero-order valence-corrected chi connectivity index (χ0v) is 11.5. The quantitative estimate of drug-likeness (QED) is 0.814. The summed E-state index contributed by atoms with van der Waals surface area (Å²) in [5.41, 5.74) is 1.57. The van der Waals surface area contributed by atoms with E-state index in [1.165, 1.54) is 0 Å². The maximum atomic E-state index is 12.0. The third kappa shape index (κ3) is 2.96. The maximum Gasteiger partial charge on any atom is 0.168 e. The largest absolute Gasteiger partial charge is 0.496 e. The van der Waals surface area contributed by atoms with Crippen molar-refractivity contribution in [1.82, 2.24) is 4.98 Å². The van der Waals surface area contributed by atoms with Crippen molar-refractivity contribution in [2.24, 2.45) is 0 Å². The average Bonchev–Trinajstić information content (AvgIpc) is 2.40. The number of rotatable bonds is 4. The summed E-state index contributed by atoms with van der Waals surface area (Å²) in [6.45, 7) is 0. The van der Waals surface area contributed by atoms with E-state index in [2.05, 4.69) is 20.9 Å². The normalized spacial score (nSPS) is 10.1. The maximum absolute atomic E-state index is 12.0. The van der Waals surface area contributed by atoms with Gasteiger partial charge in [0, 0.05) is 24.4 Å². The topological polar surface area (TPSA) is 39.2 Å². The fraction of sp³-hybridized carbons (Fsp3) is 0.143. The van der Waals surface area contributed by atoms with Crippen LogP contribution in [0.25, 0.3) is 0 Å². The standard InChI is InChI=1S/C14H12BrNO2/c1-18-14-5-4-10(7-12(14)15)8-13(17)11-3-2-6-16-9-11/h2-7,9H,8H2,1H3. The van der Waals surface area contributed by atoms with Crippen LogP contribution in [0, 0.1) is 0 Å². The van der Waals surface area contributed by atoms with Gasteiger partial charge in [0.05, 0.1) is 11.6 Å². The van der Waals surface area contributed by atoms with E-state index in [9.17, 15) is 4.79 Å². The van der Waals surface area contributed by atoms with E-state index in [0.717, 1.165) is 15.8 Å². The lowest BCUT2D eigenvalue weighted by Gasteiger charge is -2.06. The van der Waals surface area contributed by atoms with Crippen LogP contribution in [0.4, 0.5) is 0 Å². The van der Waals surface area contributed by atoms with Crippen molar-refractivity contribution in [3.8, 4) is 5.75 Å². The molecule has 18 heavy (non-hydrogen) atoms. The number of aromatic nitrogens is 1. The highest BCUT2D eigenvalue weighted by Gasteiger charge is 2.08. The second-order valence-electron chi connectivity index (χ2n) is 3.81. The van der Waals surface area contributed by atoms with Crippen LogP contribution in [0.15, 0.2) is 47.2 Å². The lowest BCUT2D eigenvalue weighted by atomic mass is 10.0. The van der Waals surface area contributed by atoms with Gasteiger partial charge in [0.2, 0.25) is 0 Å². The number of hydrogen-bond donors (Lipinski definition) is 0. The lowest BCUT2D eigenvalue weighted by Crippen LogP contribution is -2.03. The fourth-order valence-electron chi connectivity index (χ4n) is 1.64. The Kier molecular flexibility index (Phi) is 4.10. The van der Waals surface area contributed by atoms with Crippen LogP contribution in [0.2, 0.25) is 0 Å². The fourth-order valence-corrected chi connectivity index (χ4v) is 2.22. The number of Topliss-reactive ketones (excluding diaryl/α,β-unsaturated/α-hetero) is 1. The Morgan fingerprint density at radius 2 is 2.22 bits per heavy atom. The minimum Gasteiger partial charge on any atom is -0.496 e. The molecule has 0 unspecified atom stereocenters. The first-order chi connectivity index (χ1) is 8.70. The zero-order chi connectivity index (χ0) is 13.0. The predicted molar refractivity (Wildman–Crippen MR) is 73.0 cm³/mol. The third-order valence-electron chi connectivity index (χ3n) is 2.56. The van der Waals surface area contributed by atoms with E-state index >= 15 is 0 Å². The number of carbonyl (C=O) groups is 1. The number of pyridine rings is 1. The highest BCUT2D eigenvalue weighted by Crippen LogP contribution is 2.26. The van der Waals surface area contributed by atoms with Gasteiger partial charge in [-0.1, -0.05) is 6.07 Å². The molecule has 0 aliphatic rings. The highest BCUT2D eigenvalue weighted by atomic mass is 79.9. The number of hydrogen-bond acceptors (Lipinski definition) is 3. The molecule has 0 N–H and O–H groups in total. The van der Waals surface area contributed by atoms with Crippen LogP contribution < -0.4 is 4.74 Å². The first-order valence-electron chi connectivity index (χ1n) is 5.46. The van der Waals surface area contributed by atoms with Crippen molar-refractivity contribution in [1.29, 1.82) is 0 Å². The third-order valence-corrected chi connectivity index (χ3v) is 3.18. The van der Waals surface area contributed by atoms with Crippen molar-refractivity contribution in [2.45, 2.75) is 6.42 Å². The molecule has 0 bridgehead atoms. The van der Waals surface area contributed by atoms with E-state index in [-0.39, 0.29) is 5.78 Å². The van der Waals surface area contributed by atoms with Gasteiger partial charge in [-0.25, -0.2) is 0 Å². The van der Waals surface area contributed by atoms with Crippen molar-refractivity contribution in [3.63, 3.8) is 0 Å². The van der Waals surface area contributed by atoms with Gasteiger partial charge in [-0.3, -0.25) is 9.78 Å². The van der Waals surface area contributed by atoms with Gasteiger partial charge >= 0.3 is 0 Å². The molecule has 2 rings (SSSR count). The first kappa shape index (κ1) is 12.8. The van der Waals surface area contributed by atoms with Gasteiger partial charge < -0.3 is 4.74 Å². The second-order valence-corrected chi connectivity index (χ2v) is 4.66. The summed E-state index contributed by atoms with van der Waals surface area (Å²) in [4.78, 5) is 15.9. The Morgan fingerprint density at radius 3 is 2.83 bits per heavy atom. The average molecular weight is 306 g/mol. The van der Waals surface area contributed by atoms with E-state index in [4.69, 9.17) is 4.74 Å². The molecule has 0 saturated heterocycles. The molecule has 0 amide bonds. The van der Waals surface area contributed by atoms with Crippen LogP contribution in [-0.2, 0) is 6.42 Å². The number of nitrogens with zero attached hydrogens (tertiary/aromatic N) is 1. The van der Waals surface area contributed by atoms with Crippen LogP contribution in [0.1, 0.15) is 15.9 Å². The van der Waals surface area contributed by atoms with E-state index in [1.54, 1.807) is 31.6 Å². The molecule has 2 aromatic rings. The Hall–Kier alpha value is -1.68. The Labute approximate surface area is 114 Å². The number of carbonyl (C=O) groups excluding carboxylic acids is 1. The van der Waals surface area contributed by atoms with E-state index in [0.29, 0.717) is 12.0 Å². The molecule has 1 aromatic carbocycles. The Balaban J connectivity index is 2.15. The van der Waals surface area contributed by atoms with Crippen molar-refractivity contribution in [2.75, 3.05) is 7.11 Å². The van der Waals surface area contributed by atoms with Gasteiger partial charge in [-0.2, -0.15) is 0 Å². The molecule has 0 saturated carbocycles. The molecular formula is C14H12BrNO2. The van der Waals surface area contributed by atoms with Crippen LogP contribution >= 0.6 is 15.9 Å². The van der Waals surface area contributed by atoms with Crippen LogP contribution in [0.3, 0.4) is 0 Å². The van der Waals surface area contributed by atoms with Crippen molar-refractivity contribution in [3.05, 3.63) is 58.3 Å². The van der Waals surface area contributed by atoms with Crippen LogP contribution in [0.5, 0.6) is 5.75 Å². The predicted octanol–water partition coefficient (Wildman–Crippen LogP) is 3.28. The minimum absolute atomic E-state index is 0.0557. The molecule has 0 atom stereocenters. The van der Waals surface area contributed by atoms with Crippen LogP contribution in [-0.4, -0.2) is 17.9 Å². The number of ketones is 1. The molecule has 0 aliphatic heterocycles. The second kappa shape index (κ2) is 5.78. The van der Waals surface area contributed by atoms with Gasteiger partial charge in [-0.15, -0.1) is 0 Å². The summed E-state index contributed by atoms with van der Waals surface area (Å²) in [5, 5.41) is 0. The van der Waals surface area contributed by atoms with Gasteiger partial charge in [0.1, 0.15) is 5.75 Å². The van der Waals surface area contributed by atoms with Gasteiger partial charge in [0.15, 0.2) is 5.78 Å². The molecule has 3 nitrogen and oxygen atoms in total. The number of benzene rings is 1. The number of methoxy groups -OCH3 is 1. The summed E-state index contributed by atoms with van der Waals surface area (Å²) in [6.07, 6.45) is 3.59. The molecule has 4 heteroatoms. The zero-order valence-electron chi connectivity index (χ0n) is 9.89. The summed E-state index contributed by atoms with van der Waals surface area (Å²) >= 11 is 3.40. The SMILES string of the molecule is COc1ccc(CC(=O)c2cccnc2)cc1Br. The van der Waals surface area contributed by atoms with Gasteiger partial charge in [0.25, 0.3) is 0 Å². The molecule has 0 fully saturated rings. The van der Waals surface area contributed by atoms with Crippen molar-refractivity contribution >= 4 is 21.7 Å². The Morgan fingerprint density at radius 1 is 1.39 bits per heavy atom. The molecular weight excluding hydrogens is 294 g/mol. The van der Waals surface area contributed by atoms with E-state index in [1.807, 2.05) is 18.2 Å². The molecule has 1 heterocycles. The highest BCUT2D eigenvalue weighted by molar-refractivity contribution is 9.10. The van der Waals surface area contributed by atoms with E-state index < -0.39 is 0 Å². The summed E-state index contributed by atoms with van der Waals surface area (Å²) in [7, 11) is 1.61. The summed E-state index contributed by atoms with van der Waals surface area (Å²) in [6, 6.07) is 9.16. The Bertz CT molecular complexity index is 555. The minimum atomic E-state index is 0.0557. The lowest BCUT2D eigenvalue weighted by molar-refractivity contribution is 0.0992. The monoisotopic (exact) mass is 305 g/mol. The molecule has 1 aromatic heterocycles. The summed E-state index contributed by atoms with van der Waals surface area (Å²) < 4.78 is 6.00. The molecule has 0 spiro atoms. The van der Waals surface area contributed by atoms with Gasteiger partial charge in [-0.05, 0) is 45.8 Å². The first-order valence-corrected chi connectivity index (χ1v) is 6.25. The van der Waals surface area contributed by atoms with Crippen molar-refractivity contribution < 1.29 is 9.53 Å².